The number of nitrogens with zero attached hydrogens (tertiary/aromatic N) is 1. The fraction of sp³-hybridized carbons (Fsp3) is 0.412. The first-order valence-corrected chi connectivity index (χ1v) is 15.6. The van der Waals surface area contributed by atoms with Crippen molar-refractivity contribution in [1.82, 2.24) is 4.57 Å². The van der Waals surface area contributed by atoms with Gasteiger partial charge in [0.1, 0.15) is 23.0 Å². The molecule has 3 aromatic rings. The van der Waals surface area contributed by atoms with Crippen LogP contribution in [-0.2, 0) is 34.3 Å². The standard InChI is InChI=1S/C34H40B3NO6/c1-31(2)19-17-27-29(33(31,5)6)41-36(39-27)43-35(44-37-40-28-18-20-32(3,4)34(7,8)30(28)42-37)21-22-38-25-15-11-9-13-23(25)24-14-10-12-16-26(24)38/h9-20H,21-22H2,1-8H3. The minimum atomic E-state index is -0.958. The van der Waals surface area contributed by atoms with E-state index in [1.54, 1.807) is 0 Å². The highest BCUT2D eigenvalue weighted by molar-refractivity contribution is 6.62. The van der Waals surface area contributed by atoms with Crippen LogP contribution in [0.2, 0.25) is 6.32 Å². The normalized spacial score (nSPS) is 22.1. The zero-order valence-electron chi connectivity index (χ0n) is 27.0. The summed E-state index contributed by atoms with van der Waals surface area (Å²) in [5, 5.41) is 2.43. The van der Waals surface area contributed by atoms with Crippen molar-refractivity contribution in [2.75, 3.05) is 0 Å². The van der Waals surface area contributed by atoms with Gasteiger partial charge in [0.2, 0.25) is 0 Å². The van der Waals surface area contributed by atoms with E-state index in [0.717, 1.165) is 22.6 Å². The minimum absolute atomic E-state index is 0.110. The number of allylic oxidation sites excluding steroid dienone is 6. The molecule has 2 aromatic carbocycles. The summed E-state index contributed by atoms with van der Waals surface area (Å²) in [5.41, 5.74) is 1.54. The van der Waals surface area contributed by atoms with Crippen molar-refractivity contribution in [3.05, 3.63) is 95.9 Å². The van der Waals surface area contributed by atoms with E-state index in [0.29, 0.717) is 24.4 Å². The third-order valence-electron chi connectivity index (χ3n) is 10.8. The Bertz CT molecular complexity index is 1640. The zero-order chi connectivity index (χ0) is 31.1. The van der Waals surface area contributed by atoms with E-state index in [2.05, 4.69) is 121 Å². The summed E-state index contributed by atoms with van der Waals surface area (Å²) in [6, 6.07) is 16.9. The summed E-state index contributed by atoms with van der Waals surface area (Å²) >= 11 is 0. The monoisotopic (exact) mass is 591 g/mol. The Morgan fingerprint density at radius 1 is 0.636 bits per heavy atom. The van der Waals surface area contributed by atoms with Gasteiger partial charge < -0.3 is 32.3 Å². The Kier molecular flexibility index (Phi) is 6.65. The van der Waals surface area contributed by atoms with Crippen LogP contribution in [0.25, 0.3) is 21.8 Å². The van der Waals surface area contributed by atoms with Crippen LogP contribution < -0.4 is 0 Å². The van der Waals surface area contributed by atoms with Crippen LogP contribution in [0.5, 0.6) is 0 Å². The molecule has 2 aliphatic carbocycles. The Balaban J connectivity index is 1.14. The van der Waals surface area contributed by atoms with Gasteiger partial charge in [-0.15, -0.1) is 0 Å². The molecule has 0 bridgehead atoms. The number of hydrogen-bond acceptors (Lipinski definition) is 6. The maximum atomic E-state index is 6.44. The average Bonchev–Trinajstić information content (AvgIpc) is 3.67. The lowest BCUT2D eigenvalue weighted by molar-refractivity contribution is 0.132. The van der Waals surface area contributed by atoms with E-state index in [4.69, 9.17) is 27.8 Å². The SMILES string of the molecule is CC1(C)C=CC2=C(OB(OB(CCn3c4ccccc4c4ccccc43)OB3OC4=C(O3)C(C)(C)C(C)(C)C=C4)O2)C1(C)C. The Labute approximate surface area is 261 Å². The lowest BCUT2D eigenvalue weighted by Crippen LogP contribution is -2.41. The molecule has 10 heteroatoms. The molecule has 0 radical (unpaired) electrons. The summed E-state index contributed by atoms with van der Waals surface area (Å²) in [6.07, 6.45) is 8.80. The van der Waals surface area contributed by atoms with Crippen molar-refractivity contribution in [2.45, 2.75) is 68.3 Å². The molecule has 0 atom stereocenters. The molecule has 226 valence electrons. The molecule has 3 heterocycles. The van der Waals surface area contributed by atoms with Crippen LogP contribution in [-0.4, -0.2) is 26.3 Å². The molecule has 44 heavy (non-hydrogen) atoms. The Morgan fingerprint density at radius 2 is 1.07 bits per heavy atom. The summed E-state index contributed by atoms with van der Waals surface area (Å²) in [4.78, 5) is 0. The maximum absolute atomic E-state index is 6.44. The highest BCUT2D eigenvalue weighted by Crippen LogP contribution is 2.53. The number of fused-ring (bicyclic) bond motifs is 3. The van der Waals surface area contributed by atoms with Crippen LogP contribution >= 0.6 is 0 Å². The largest absolute Gasteiger partial charge is 0.774 e. The molecule has 0 fully saturated rings. The summed E-state index contributed by atoms with van der Waals surface area (Å²) < 4.78 is 40.2. The Hall–Kier alpha value is -3.49. The van der Waals surface area contributed by atoms with Gasteiger partial charge in [0.05, 0.1) is 0 Å². The van der Waals surface area contributed by atoms with Gasteiger partial charge in [-0.2, -0.15) is 0 Å². The number of aromatic nitrogens is 1. The van der Waals surface area contributed by atoms with Crippen LogP contribution in [0.15, 0.2) is 95.9 Å². The van der Waals surface area contributed by atoms with Gasteiger partial charge in [0.25, 0.3) is 0 Å². The topological polar surface area (TPSA) is 60.3 Å². The lowest BCUT2D eigenvalue weighted by Gasteiger charge is -2.41. The number of rotatable bonds is 7. The maximum Gasteiger partial charge on any atom is 0.774 e. The van der Waals surface area contributed by atoms with Gasteiger partial charge >= 0.3 is 21.8 Å². The predicted molar refractivity (Wildman–Crippen MR) is 175 cm³/mol. The fourth-order valence-corrected chi connectivity index (χ4v) is 6.39. The van der Waals surface area contributed by atoms with Crippen LogP contribution in [0.1, 0.15) is 55.4 Å². The fourth-order valence-electron chi connectivity index (χ4n) is 6.39. The number of hydrogen-bond donors (Lipinski definition) is 0. The first-order chi connectivity index (χ1) is 20.8. The lowest BCUT2D eigenvalue weighted by atomic mass is 9.64. The van der Waals surface area contributed by atoms with Gasteiger partial charge in [-0.25, -0.2) is 0 Å². The van der Waals surface area contributed by atoms with Crippen molar-refractivity contribution in [1.29, 1.82) is 0 Å². The number of benzene rings is 2. The average molecular weight is 591 g/mol. The van der Waals surface area contributed by atoms with Gasteiger partial charge in [-0.3, -0.25) is 0 Å². The molecule has 0 spiro atoms. The molecule has 1 aromatic heterocycles. The molecule has 0 saturated carbocycles. The highest BCUT2D eigenvalue weighted by Gasteiger charge is 2.54. The second-order valence-electron chi connectivity index (χ2n) is 14.5. The molecule has 4 aliphatic rings. The predicted octanol–water partition coefficient (Wildman–Crippen LogP) is 8.05. The first kappa shape index (κ1) is 29.2. The van der Waals surface area contributed by atoms with Crippen molar-refractivity contribution in [3.63, 3.8) is 0 Å². The highest BCUT2D eigenvalue weighted by atomic mass is 16.8. The smallest absolute Gasteiger partial charge is 0.501 e. The van der Waals surface area contributed by atoms with E-state index >= 15 is 0 Å². The van der Waals surface area contributed by atoms with E-state index in [-0.39, 0.29) is 21.7 Å². The number of para-hydroxylation sites is 2. The van der Waals surface area contributed by atoms with E-state index in [1.165, 1.54) is 10.8 Å². The van der Waals surface area contributed by atoms with E-state index < -0.39 is 21.8 Å². The molecular weight excluding hydrogens is 551 g/mol. The molecule has 0 N–H and O–H groups in total. The molecule has 0 amide bonds. The van der Waals surface area contributed by atoms with Crippen molar-refractivity contribution >= 4 is 43.6 Å². The first-order valence-electron chi connectivity index (χ1n) is 15.6. The molecule has 7 nitrogen and oxygen atoms in total. The third kappa shape index (κ3) is 4.52. The summed E-state index contributed by atoms with van der Waals surface area (Å²) in [6.45, 7) is 18.1. The van der Waals surface area contributed by atoms with Gasteiger partial charge in [-0.1, -0.05) is 104 Å². The van der Waals surface area contributed by atoms with E-state index in [9.17, 15) is 0 Å². The van der Waals surface area contributed by atoms with Crippen LogP contribution in [0.4, 0.5) is 0 Å². The van der Waals surface area contributed by atoms with Gasteiger partial charge in [0.15, 0.2) is 0 Å². The molecule has 0 saturated heterocycles. The van der Waals surface area contributed by atoms with E-state index in [1.807, 2.05) is 12.2 Å². The van der Waals surface area contributed by atoms with Crippen LogP contribution in [0, 0.1) is 21.7 Å². The molecule has 2 aliphatic heterocycles. The van der Waals surface area contributed by atoms with Crippen molar-refractivity contribution in [3.8, 4) is 0 Å². The molecular formula is C34H40B3NO6. The Morgan fingerprint density at radius 3 is 1.52 bits per heavy atom. The molecule has 0 unspecified atom stereocenters. The third-order valence-corrected chi connectivity index (χ3v) is 10.8. The summed E-state index contributed by atoms with van der Waals surface area (Å²) in [7, 11) is -2.67. The minimum Gasteiger partial charge on any atom is -0.501 e. The van der Waals surface area contributed by atoms with Gasteiger partial charge in [0, 0.05) is 39.2 Å². The second-order valence-corrected chi connectivity index (χ2v) is 14.5. The summed E-state index contributed by atoms with van der Waals surface area (Å²) in [5.74, 6) is 2.96. The molecule has 7 rings (SSSR count). The zero-order valence-corrected chi connectivity index (χ0v) is 27.0. The van der Waals surface area contributed by atoms with Crippen molar-refractivity contribution < 1.29 is 27.8 Å². The quantitative estimate of drug-likeness (QED) is 0.259. The van der Waals surface area contributed by atoms with Gasteiger partial charge in [-0.05, 0) is 41.4 Å². The number of aryl methyl sites for hydroxylation is 1. The van der Waals surface area contributed by atoms with Crippen molar-refractivity contribution in [2.24, 2.45) is 21.7 Å². The van der Waals surface area contributed by atoms with Crippen LogP contribution in [0.3, 0.4) is 0 Å². The second kappa shape index (κ2) is 10.0.